The first-order valence-electron chi connectivity index (χ1n) is 12.5. The number of anilines is 2. The minimum absolute atomic E-state index is 0.0804. The number of benzene rings is 2. The summed E-state index contributed by atoms with van der Waals surface area (Å²) in [6.45, 7) is 3.50. The van der Waals surface area contributed by atoms with Crippen LogP contribution in [-0.4, -0.2) is 53.2 Å². The molecule has 8 nitrogen and oxygen atoms in total. The van der Waals surface area contributed by atoms with Crippen LogP contribution >= 0.6 is 0 Å². The van der Waals surface area contributed by atoms with Crippen LogP contribution in [0.2, 0.25) is 0 Å². The summed E-state index contributed by atoms with van der Waals surface area (Å²) in [5.41, 5.74) is 2.83. The Hall–Kier alpha value is -3.55. The number of rotatable bonds is 6. The minimum Gasteiger partial charge on any atom is -0.497 e. The summed E-state index contributed by atoms with van der Waals surface area (Å²) in [6.07, 6.45) is 8.01. The molecule has 1 aromatic heterocycles. The molecule has 1 aliphatic carbocycles. The number of aromatic nitrogens is 2. The summed E-state index contributed by atoms with van der Waals surface area (Å²) in [6, 6.07) is 12.2. The Morgan fingerprint density at radius 3 is 2.57 bits per heavy atom. The average Bonchev–Trinajstić information content (AvgIpc) is 3.39. The first-order valence-corrected chi connectivity index (χ1v) is 12.5. The van der Waals surface area contributed by atoms with Crippen molar-refractivity contribution in [3.05, 3.63) is 48.3 Å². The minimum atomic E-state index is 0.0804. The topological polar surface area (TPSA) is 88.6 Å². The monoisotopic (exact) mass is 475 g/mol. The highest BCUT2D eigenvalue weighted by atomic mass is 16.5. The Kier molecular flexibility index (Phi) is 6.88. The molecule has 1 saturated carbocycles. The van der Waals surface area contributed by atoms with Crippen LogP contribution in [0, 0.1) is 6.92 Å². The van der Waals surface area contributed by atoms with Crippen LogP contribution in [0.4, 0.5) is 16.3 Å². The fourth-order valence-corrected chi connectivity index (χ4v) is 4.95. The molecule has 35 heavy (non-hydrogen) atoms. The Morgan fingerprint density at radius 2 is 1.83 bits per heavy atom. The zero-order valence-electron chi connectivity index (χ0n) is 20.4. The fourth-order valence-electron chi connectivity index (χ4n) is 4.95. The molecule has 0 bridgehead atoms. The number of carbonyl (C=O) groups is 1. The summed E-state index contributed by atoms with van der Waals surface area (Å²) >= 11 is 0. The van der Waals surface area contributed by atoms with E-state index >= 15 is 0 Å². The van der Waals surface area contributed by atoms with Gasteiger partial charge in [-0.25, -0.2) is 14.8 Å². The van der Waals surface area contributed by atoms with Crippen molar-refractivity contribution in [2.75, 3.05) is 25.5 Å². The molecule has 184 valence electrons. The third kappa shape index (κ3) is 5.42. The van der Waals surface area contributed by atoms with Crippen molar-refractivity contribution in [2.45, 2.75) is 57.6 Å². The normalized spacial score (nSPS) is 16.9. The van der Waals surface area contributed by atoms with E-state index in [1.54, 1.807) is 13.4 Å². The van der Waals surface area contributed by atoms with Crippen LogP contribution in [0.15, 0.2) is 42.7 Å². The summed E-state index contributed by atoms with van der Waals surface area (Å²) < 4.78 is 11.7. The molecule has 0 spiro atoms. The van der Waals surface area contributed by atoms with Crippen LogP contribution in [0.5, 0.6) is 11.5 Å². The van der Waals surface area contributed by atoms with E-state index < -0.39 is 0 Å². The lowest BCUT2D eigenvalue weighted by molar-refractivity contribution is 0.109. The Morgan fingerprint density at radius 1 is 1.03 bits per heavy atom. The maximum atomic E-state index is 12.5. The molecule has 5 rings (SSSR count). The number of fused-ring (bicyclic) bond motifs is 1. The smallest absolute Gasteiger partial charge is 0.317 e. The number of amides is 2. The van der Waals surface area contributed by atoms with Gasteiger partial charge in [-0.3, -0.25) is 0 Å². The SMILES string of the molecule is COc1ccc2ncnc(Nc3ccc(OC4CCN(C(=O)NC5CCCC5)CC4)c(C)c3)c2c1. The van der Waals surface area contributed by atoms with Crippen molar-refractivity contribution < 1.29 is 14.3 Å². The molecule has 2 fully saturated rings. The number of methoxy groups -OCH3 is 1. The Bertz CT molecular complexity index is 1190. The molecule has 2 N–H and O–H groups in total. The highest BCUT2D eigenvalue weighted by molar-refractivity contribution is 5.91. The molecule has 1 saturated heterocycles. The summed E-state index contributed by atoms with van der Waals surface area (Å²) in [5.74, 6) is 2.36. The number of piperidine rings is 1. The van der Waals surface area contributed by atoms with Gasteiger partial charge in [0.05, 0.1) is 12.6 Å². The van der Waals surface area contributed by atoms with E-state index in [4.69, 9.17) is 9.47 Å². The van der Waals surface area contributed by atoms with E-state index in [1.807, 2.05) is 42.2 Å². The number of hydrogen-bond donors (Lipinski definition) is 2. The molecule has 2 aromatic carbocycles. The summed E-state index contributed by atoms with van der Waals surface area (Å²) in [5, 5.41) is 7.49. The van der Waals surface area contributed by atoms with E-state index in [-0.39, 0.29) is 12.1 Å². The highest BCUT2D eigenvalue weighted by Crippen LogP contribution is 2.30. The molecule has 3 aromatic rings. The van der Waals surface area contributed by atoms with Gasteiger partial charge in [0.2, 0.25) is 0 Å². The van der Waals surface area contributed by atoms with Crippen molar-refractivity contribution >= 4 is 28.4 Å². The van der Waals surface area contributed by atoms with Gasteiger partial charge in [0.25, 0.3) is 0 Å². The first kappa shape index (κ1) is 23.2. The second kappa shape index (κ2) is 10.4. The third-order valence-electron chi connectivity index (χ3n) is 6.99. The number of carbonyl (C=O) groups excluding carboxylic acids is 1. The van der Waals surface area contributed by atoms with E-state index in [0.717, 1.165) is 78.2 Å². The first-order chi connectivity index (χ1) is 17.1. The van der Waals surface area contributed by atoms with Crippen LogP contribution in [0.3, 0.4) is 0 Å². The molecule has 8 heteroatoms. The quantitative estimate of drug-likeness (QED) is 0.510. The maximum Gasteiger partial charge on any atom is 0.317 e. The fraction of sp³-hybridized carbons (Fsp3) is 0.444. The number of likely N-dealkylation sites (tertiary alicyclic amines) is 1. The van der Waals surface area contributed by atoms with Crippen LogP contribution < -0.4 is 20.1 Å². The van der Waals surface area contributed by atoms with Crippen LogP contribution in [0.1, 0.15) is 44.1 Å². The number of ether oxygens (including phenoxy) is 2. The van der Waals surface area contributed by atoms with Crippen molar-refractivity contribution in [3.8, 4) is 11.5 Å². The lowest BCUT2D eigenvalue weighted by atomic mass is 10.1. The molecule has 2 amide bonds. The summed E-state index contributed by atoms with van der Waals surface area (Å²) in [7, 11) is 1.65. The molecule has 2 aliphatic rings. The van der Waals surface area contributed by atoms with Gasteiger partial charge in [0.1, 0.15) is 29.7 Å². The van der Waals surface area contributed by atoms with E-state index in [1.165, 1.54) is 12.8 Å². The molecule has 2 heterocycles. The highest BCUT2D eigenvalue weighted by Gasteiger charge is 2.26. The second-order valence-corrected chi connectivity index (χ2v) is 9.45. The average molecular weight is 476 g/mol. The van der Waals surface area contributed by atoms with Gasteiger partial charge >= 0.3 is 6.03 Å². The third-order valence-corrected chi connectivity index (χ3v) is 6.99. The molecule has 0 unspecified atom stereocenters. The second-order valence-electron chi connectivity index (χ2n) is 9.45. The van der Waals surface area contributed by atoms with Crippen molar-refractivity contribution in [1.82, 2.24) is 20.2 Å². The number of aryl methyl sites for hydroxylation is 1. The van der Waals surface area contributed by atoms with Crippen molar-refractivity contribution in [1.29, 1.82) is 0 Å². The Balaban J connectivity index is 1.19. The lowest BCUT2D eigenvalue weighted by Crippen LogP contribution is -2.48. The largest absolute Gasteiger partial charge is 0.497 e. The van der Waals surface area contributed by atoms with Gasteiger partial charge in [-0.1, -0.05) is 12.8 Å². The number of hydrogen-bond acceptors (Lipinski definition) is 6. The van der Waals surface area contributed by atoms with Gasteiger partial charge in [-0.05, 0) is 61.7 Å². The molecule has 0 radical (unpaired) electrons. The number of nitrogens with zero attached hydrogens (tertiary/aromatic N) is 3. The lowest BCUT2D eigenvalue weighted by Gasteiger charge is -2.33. The van der Waals surface area contributed by atoms with Gasteiger partial charge in [-0.15, -0.1) is 0 Å². The maximum absolute atomic E-state index is 12.5. The van der Waals surface area contributed by atoms with E-state index in [2.05, 4.69) is 26.7 Å². The van der Waals surface area contributed by atoms with Gasteiger partial charge < -0.3 is 25.0 Å². The van der Waals surface area contributed by atoms with Gasteiger partial charge in [0, 0.05) is 43.0 Å². The summed E-state index contributed by atoms with van der Waals surface area (Å²) in [4.78, 5) is 23.2. The van der Waals surface area contributed by atoms with Gasteiger partial charge in [-0.2, -0.15) is 0 Å². The van der Waals surface area contributed by atoms with Crippen molar-refractivity contribution in [3.63, 3.8) is 0 Å². The van der Waals surface area contributed by atoms with Gasteiger partial charge in [0.15, 0.2) is 0 Å². The van der Waals surface area contributed by atoms with E-state index in [0.29, 0.717) is 6.04 Å². The number of nitrogens with one attached hydrogen (secondary N) is 2. The molecule has 1 aliphatic heterocycles. The zero-order chi connectivity index (χ0) is 24.2. The predicted octanol–water partition coefficient (Wildman–Crippen LogP) is 5.19. The number of urea groups is 1. The zero-order valence-corrected chi connectivity index (χ0v) is 20.4. The Labute approximate surface area is 206 Å². The molecular formula is C27H33N5O3. The molecular weight excluding hydrogens is 442 g/mol. The van der Waals surface area contributed by atoms with E-state index in [9.17, 15) is 4.79 Å². The van der Waals surface area contributed by atoms with Crippen molar-refractivity contribution in [2.24, 2.45) is 0 Å². The van der Waals surface area contributed by atoms with Crippen LogP contribution in [-0.2, 0) is 0 Å². The predicted molar refractivity (Wildman–Crippen MR) is 137 cm³/mol. The standard InChI is InChI=1S/C27H33N5O3/c1-18-15-20(30-26-23-16-22(34-2)8-9-24(23)28-17-29-26)7-10-25(18)35-21-11-13-32(14-12-21)27(33)31-19-5-3-4-6-19/h7-10,15-17,19,21H,3-6,11-14H2,1-2H3,(H,31,33)(H,28,29,30). The molecule has 0 atom stereocenters. The van der Waals surface area contributed by atoms with Crippen LogP contribution in [0.25, 0.3) is 10.9 Å².